The number of aliphatic carboxylic acids is 1. The maximum atomic E-state index is 12.4. The van der Waals surface area contributed by atoms with Gasteiger partial charge in [0.05, 0.1) is 5.41 Å². The minimum atomic E-state index is -0.971. The molecule has 1 heterocycles. The predicted molar refractivity (Wildman–Crippen MR) is 88.8 cm³/mol. The molecule has 1 aliphatic heterocycles. The summed E-state index contributed by atoms with van der Waals surface area (Å²) in [6.07, 6.45) is 3.88. The predicted octanol–water partition coefficient (Wildman–Crippen LogP) is 1.78. The topological polar surface area (TPSA) is 77.9 Å². The van der Waals surface area contributed by atoms with Crippen LogP contribution in [-0.2, 0) is 19.8 Å². The van der Waals surface area contributed by atoms with Gasteiger partial charge in [-0.05, 0) is 24.5 Å². The van der Waals surface area contributed by atoms with Crippen molar-refractivity contribution in [1.82, 2.24) is 4.90 Å². The normalized spacial score (nSPS) is 21.0. The fourth-order valence-electron chi connectivity index (χ4n) is 3.83. The first-order valence-electron chi connectivity index (χ1n) is 8.37. The van der Waals surface area contributed by atoms with Crippen LogP contribution in [0.1, 0.15) is 37.7 Å². The molecule has 2 fully saturated rings. The van der Waals surface area contributed by atoms with E-state index in [0.717, 1.165) is 19.3 Å². The number of carbonyl (C=O) groups is 3. The number of piperazine rings is 1. The van der Waals surface area contributed by atoms with Gasteiger partial charge in [0.25, 0.3) is 0 Å². The summed E-state index contributed by atoms with van der Waals surface area (Å²) in [6, 6.07) is 7.14. The summed E-state index contributed by atoms with van der Waals surface area (Å²) in [5, 5.41) is 9.95. The monoisotopic (exact) mass is 330 g/mol. The molecule has 0 atom stereocenters. The van der Waals surface area contributed by atoms with E-state index in [-0.39, 0.29) is 0 Å². The number of carboxylic acid groups (broad SMARTS) is 1. The fraction of sp³-hybridized carbons (Fsp3) is 0.500. The zero-order valence-corrected chi connectivity index (χ0v) is 13.8. The van der Waals surface area contributed by atoms with Crippen LogP contribution in [0.15, 0.2) is 24.3 Å². The van der Waals surface area contributed by atoms with Gasteiger partial charge in [0.1, 0.15) is 0 Å². The van der Waals surface area contributed by atoms with Gasteiger partial charge in [-0.2, -0.15) is 0 Å². The van der Waals surface area contributed by atoms with Gasteiger partial charge in [-0.25, -0.2) is 0 Å². The van der Waals surface area contributed by atoms with E-state index < -0.39 is 23.2 Å². The molecular weight excluding hydrogens is 308 g/mol. The number of hydrogen-bond acceptors (Lipinski definition) is 3. The van der Waals surface area contributed by atoms with Crippen LogP contribution in [0.25, 0.3) is 0 Å². The first-order chi connectivity index (χ1) is 11.5. The van der Waals surface area contributed by atoms with Crippen molar-refractivity contribution in [3.8, 4) is 0 Å². The molecule has 2 amide bonds. The number of benzene rings is 1. The smallest absolute Gasteiger partial charge is 0.316 e. The van der Waals surface area contributed by atoms with E-state index in [9.17, 15) is 19.5 Å². The number of hydrogen-bond donors (Lipinski definition) is 1. The lowest BCUT2D eigenvalue weighted by atomic mass is 9.68. The minimum absolute atomic E-state index is 0.383. The molecule has 0 bridgehead atoms. The molecule has 1 N–H and O–H groups in total. The summed E-state index contributed by atoms with van der Waals surface area (Å²) in [4.78, 5) is 39.4. The van der Waals surface area contributed by atoms with Gasteiger partial charge in [0.2, 0.25) is 0 Å². The quantitative estimate of drug-likeness (QED) is 0.857. The Morgan fingerprint density at radius 2 is 1.71 bits per heavy atom. The Hall–Kier alpha value is -2.37. The number of rotatable bonds is 3. The largest absolute Gasteiger partial charge is 0.481 e. The summed E-state index contributed by atoms with van der Waals surface area (Å²) in [5.41, 5.74) is 0.248. The van der Waals surface area contributed by atoms with Gasteiger partial charge >= 0.3 is 17.8 Å². The number of carboxylic acids is 1. The van der Waals surface area contributed by atoms with E-state index in [4.69, 9.17) is 0 Å². The van der Waals surface area contributed by atoms with Gasteiger partial charge in [0.15, 0.2) is 0 Å². The molecule has 24 heavy (non-hydrogen) atoms. The second-order valence-electron chi connectivity index (χ2n) is 6.65. The van der Waals surface area contributed by atoms with Crippen LogP contribution >= 0.6 is 0 Å². The molecule has 0 radical (unpaired) electrons. The third-order valence-corrected chi connectivity index (χ3v) is 5.26. The average molecular weight is 330 g/mol. The molecular formula is C18H22N2O4. The second kappa shape index (κ2) is 6.26. The van der Waals surface area contributed by atoms with Crippen LogP contribution in [0, 0.1) is 0 Å². The van der Waals surface area contributed by atoms with E-state index in [1.54, 1.807) is 31.3 Å². The summed E-state index contributed by atoms with van der Waals surface area (Å²) < 4.78 is 0. The molecule has 3 rings (SSSR count). The number of para-hydroxylation sites is 1. The lowest BCUT2D eigenvalue weighted by molar-refractivity contribution is -0.145. The lowest BCUT2D eigenvalue weighted by Gasteiger charge is -2.38. The average Bonchev–Trinajstić information content (AvgIpc) is 2.60. The summed E-state index contributed by atoms with van der Waals surface area (Å²) in [6.45, 7) is 0.826. The number of likely N-dealkylation sites (N-methyl/N-ethyl adjacent to an activating group) is 1. The van der Waals surface area contributed by atoms with Crippen LogP contribution < -0.4 is 4.90 Å². The highest BCUT2D eigenvalue weighted by molar-refractivity contribution is 6.41. The van der Waals surface area contributed by atoms with Crippen molar-refractivity contribution in [2.24, 2.45) is 0 Å². The van der Waals surface area contributed by atoms with Gasteiger partial charge in [-0.15, -0.1) is 0 Å². The van der Waals surface area contributed by atoms with Crippen molar-refractivity contribution in [3.05, 3.63) is 29.8 Å². The Bertz CT molecular complexity index is 679. The third-order valence-electron chi connectivity index (χ3n) is 5.26. The van der Waals surface area contributed by atoms with E-state index in [1.165, 1.54) is 9.80 Å². The standard InChI is InChI=1S/C18H22N2O4/c1-19-11-12-20(16(22)15(19)21)14-8-4-3-7-13(14)18(17(23)24)9-5-2-6-10-18/h3-4,7-8H,2,5-6,9-12H2,1H3,(H,23,24). The summed E-state index contributed by atoms with van der Waals surface area (Å²) >= 11 is 0. The van der Waals surface area contributed by atoms with E-state index in [1.807, 2.05) is 0 Å². The molecule has 2 aliphatic rings. The van der Waals surface area contributed by atoms with E-state index in [0.29, 0.717) is 37.2 Å². The second-order valence-corrected chi connectivity index (χ2v) is 6.65. The van der Waals surface area contributed by atoms with Crippen LogP contribution in [0.3, 0.4) is 0 Å². The lowest BCUT2D eigenvalue weighted by Crippen LogP contribution is -2.53. The highest BCUT2D eigenvalue weighted by atomic mass is 16.4. The first-order valence-corrected chi connectivity index (χ1v) is 8.37. The van der Waals surface area contributed by atoms with Gasteiger partial charge < -0.3 is 14.9 Å². The van der Waals surface area contributed by atoms with Gasteiger partial charge in [0, 0.05) is 25.8 Å². The fourth-order valence-corrected chi connectivity index (χ4v) is 3.83. The molecule has 0 unspecified atom stereocenters. The molecule has 6 heteroatoms. The summed E-state index contributed by atoms with van der Waals surface area (Å²) in [5.74, 6) is -1.99. The van der Waals surface area contributed by atoms with Gasteiger partial charge in [-0.1, -0.05) is 37.5 Å². The number of anilines is 1. The molecule has 128 valence electrons. The van der Waals surface area contributed by atoms with E-state index >= 15 is 0 Å². The van der Waals surface area contributed by atoms with Crippen molar-refractivity contribution < 1.29 is 19.5 Å². The third kappa shape index (κ3) is 2.56. The Morgan fingerprint density at radius 1 is 1.04 bits per heavy atom. The Labute approximate surface area is 141 Å². The molecule has 6 nitrogen and oxygen atoms in total. The van der Waals surface area contributed by atoms with Crippen LogP contribution in [0.2, 0.25) is 0 Å². The Morgan fingerprint density at radius 3 is 2.38 bits per heavy atom. The highest BCUT2D eigenvalue weighted by Crippen LogP contribution is 2.44. The zero-order valence-electron chi connectivity index (χ0n) is 13.8. The number of nitrogens with zero attached hydrogens (tertiary/aromatic N) is 2. The first kappa shape index (κ1) is 16.5. The molecule has 1 aliphatic carbocycles. The van der Waals surface area contributed by atoms with Crippen LogP contribution in [0.4, 0.5) is 5.69 Å². The molecule has 1 saturated carbocycles. The minimum Gasteiger partial charge on any atom is -0.481 e. The Kier molecular flexibility index (Phi) is 4.30. The zero-order chi connectivity index (χ0) is 17.3. The SMILES string of the molecule is CN1CCN(c2ccccc2C2(C(=O)O)CCCCC2)C(=O)C1=O. The molecule has 1 aromatic carbocycles. The van der Waals surface area contributed by atoms with Crippen molar-refractivity contribution in [3.63, 3.8) is 0 Å². The maximum Gasteiger partial charge on any atom is 0.316 e. The van der Waals surface area contributed by atoms with Crippen LogP contribution in [0.5, 0.6) is 0 Å². The highest BCUT2D eigenvalue weighted by Gasteiger charge is 2.44. The van der Waals surface area contributed by atoms with Crippen molar-refractivity contribution in [2.45, 2.75) is 37.5 Å². The van der Waals surface area contributed by atoms with Crippen LogP contribution in [-0.4, -0.2) is 47.9 Å². The Balaban J connectivity index is 2.06. The maximum absolute atomic E-state index is 12.4. The number of amides is 2. The molecule has 1 saturated heterocycles. The van der Waals surface area contributed by atoms with E-state index in [2.05, 4.69) is 0 Å². The molecule has 1 aromatic rings. The summed E-state index contributed by atoms with van der Waals surface area (Å²) in [7, 11) is 1.60. The molecule has 0 spiro atoms. The van der Waals surface area contributed by atoms with Gasteiger partial charge in [-0.3, -0.25) is 14.4 Å². The number of carbonyl (C=O) groups excluding carboxylic acids is 2. The molecule has 0 aromatic heterocycles. The van der Waals surface area contributed by atoms with Crippen molar-refractivity contribution in [2.75, 3.05) is 25.0 Å². The van der Waals surface area contributed by atoms with Crippen molar-refractivity contribution in [1.29, 1.82) is 0 Å². The van der Waals surface area contributed by atoms with Crippen molar-refractivity contribution >= 4 is 23.5 Å².